The van der Waals surface area contributed by atoms with E-state index in [1.54, 1.807) is 0 Å². The van der Waals surface area contributed by atoms with Crippen LogP contribution in [0.5, 0.6) is 0 Å². The number of anilines is 3. The van der Waals surface area contributed by atoms with Crippen LogP contribution in [0.3, 0.4) is 0 Å². The molecule has 2 N–H and O–H groups in total. The van der Waals surface area contributed by atoms with Crippen LogP contribution in [0.1, 0.15) is 37.7 Å². The van der Waals surface area contributed by atoms with E-state index in [1.165, 1.54) is 53.9 Å². The van der Waals surface area contributed by atoms with Gasteiger partial charge < -0.3 is 20.0 Å². The molecule has 5 heteroatoms. The van der Waals surface area contributed by atoms with Gasteiger partial charge in [0.25, 0.3) is 5.91 Å². The Kier molecular flexibility index (Phi) is 6.90. The van der Waals surface area contributed by atoms with E-state index in [2.05, 4.69) is 58.6 Å². The number of nitrogens with one attached hydrogen (secondary N) is 2. The molecule has 5 nitrogen and oxygen atoms in total. The van der Waals surface area contributed by atoms with E-state index in [0.717, 1.165) is 38.4 Å². The average molecular weight is 408 g/mol. The van der Waals surface area contributed by atoms with Crippen LogP contribution in [-0.2, 0) is 11.3 Å². The fourth-order valence-electron chi connectivity index (χ4n) is 4.70. The Morgan fingerprint density at radius 3 is 2.23 bits per heavy atom. The van der Waals surface area contributed by atoms with Crippen LogP contribution in [0, 0.1) is 0 Å². The van der Waals surface area contributed by atoms with E-state index in [9.17, 15) is 4.79 Å². The summed E-state index contributed by atoms with van der Waals surface area (Å²) in [5.74, 6) is 0.0666. The second-order valence-corrected chi connectivity index (χ2v) is 8.78. The molecule has 0 bridgehead atoms. The smallest absolute Gasteiger partial charge is 0.279 e. The van der Waals surface area contributed by atoms with Crippen LogP contribution in [0.15, 0.2) is 48.5 Å². The molecule has 1 atom stereocenters. The molecule has 2 aliphatic heterocycles. The normalized spacial score (nSPS) is 17.8. The largest absolute Gasteiger partial charge is 0.372 e. The number of rotatable bonds is 7. The third-order valence-electron chi connectivity index (χ3n) is 6.27. The van der Waals surface area contributed by atoms with Gasteiger partial charge in [-0.1, -0.05) is 18.2 Å². The Morgan fingerprint density at radius 2 is 1.50 bits per heavy atom. The summed E-state index contributed by atoms with van der Waals surface area (Å²) in [6, 6.07) is 17.0. The van der Waals surface area contributed by atoms with Gasteiger partial charge in [-0.2, -0.15) is 0 Å². The standard InChI is InChI=1S/C25H34N4O/c1-27(19-21-9-3-4-10-24(21)29-17-7-8-18-29)20-25(30)26-22-11-13-23(14-12-22)28-15-5-2-6-16-28/h3-4,9-14H,2,5-8,15-20H2,1H3,(H,26,30)/p+1. The fraction of sp³-hybridized carbons (Fsp3) is 0.480. The van der Waals surface area contributed by atoms with Crippen molar-refractivity contribution in [3.63, 3.8) is 0 Å². The summed E-state index contributed by atoms with van der Waals surface area (Å²) in [4.78, 5) is 18.7. The van der Waals surface area contributed by atoms with Crippen LogP contribution in [0.4, 0.5) is 17.1 Å². The molecule has 0 aliphatic carbocycles. The molecule has 0 saturated carbocycles. The molecule has 0 aromatic heterocycles. The minimum Gasteiger partial charge on any atom is -0.372 e. The number of benzene rings is 2. The summed E-state index contributed by atoms with van der Waals surface area (Å²) in [7, 11) is 2.10. The number of hydrogen-bond acceptors (Lipinski definition) is 3. The minimum absolute atomic E-state index is 0.0666. The molecular weight excluding hydrogens is 372 g/mol. The number of hydrogen-bond donors (Lipinski definition) is 2. The van der Waals surface area contributed by atoms with Gasteiger partial charge in [-0.3, -0.25) is 4.79 Å². The van der Waals surface area contributed by atoms with Gasteiger partial charge in [0.1, 0.15) is 6.54 Å². The number of piperidine rings is 1. The molecule has 0 radical (unpaired) electrons. The topological polar surface area (TPSA) is 40.0 Å². The van der Waals surface area contributed by atoms with Crippen LogP contribution < -0.4 is 20.0 Å². The molecule has 2 heterocycles. The van der Waals surface area contributed by atoms with Crippen LogP contribution >= 0.6 is 0 Å². The van der Waals surface area contributed by atoms with E-state index < -0.39 is 0 Å². The van der Waals surface area contributed by atoms with E-state index in [0.29, 0.717) is 6.54 Å². The van der Waals surface area contributed by atoms with Crippen molar-refractivity contribution in [2.24, 2.45) is 0 Å². The zero-order chi connectivity index (χ0) is 20.8. The van der Waals surface area contributed by atoms with Crippen molar-refractivity contribution >= 4 is 23.0 Å². The van der Waals surface area contributed by atoms with Crippen molar-refractivity contribution in [2.75, 3.05) is 54.9 Å². The molecule has 2 fully saturated rings. The first-order valence-electron chi connectivity index (χ1n) is 11.5. The Hall–Kier alpha value is -2.53. The van der Waals surface area contributed by atoms with Crippen LogP contribution in [-0.4, -0.2) is 45.7 Å². The number of carbonyl (C=O) groups is 1. The molecule has 2 aromatic rings. The average Bonchev–Trinajstić information content (AvgIpc) is 3.30. The molecule has 2 aromatic carbocycles. The molecule has 0 spiro atoms. The predicted octanol–water partition coefficient (Wildman–Crippen LogP) is 2.93. The molecular formula is C25H35N4O+. The Bertz CT molecular complexity index is 823. The van der Waals surface area contributed by atoms with Gasteiger partial charge in [0.05, 0.1) is 7.05 Å². The van der Waals surface area contributed by atoms with Gasteiger partial charge in [-0.15, -0.1) is 0 Å². The number of para-hydroxylation sites is 1. The summed E-state index contributed by atoms with van der Waals surface area (Å²) in [6.45, 7) is 5.88. The first-order valence-corrected chi connectivity index (χ1v) is 11.5. The summed E-state index contributed by atoms with van der Waals surface area (Å²) in [5, 5.41) is 3.07. The molecule has 30 heavy (non-hydrogen) atoms. The Morgan fingerprint density at radius 1 is 0.867 bits per heavy atom. The third kappa shape index (κ3) is 5.33. The highest BCUT2D eigenvalue weighted by atomic mass is 16.2. The number of nitrogens with zero attached hydrogens (tertiary/aromatic N) is 2. The van der Waals surface area contributed by atoms with Gasteiger partial charge in [-0.05, 0) is 62.4 Å². The van der Waals surface area contributed by atoms with E-state index in [1.807, 2.05) is 12.1 Å². The van der Waals surface area contributed by atoms with Gasteiger partial charge >= 0.3 is 0 Å². The van der Waals surface area contributed by atoms with E-state index in [-0.39, 0.29) is 5.91 Å². The Balaban J connectivity index is 1.30. The Labute approximate surface area is 180 Å². The lowest BCUT2D eigenvalue weighted by Crippen LogP contribution is -3.08. The maximum absolute atomic E-state index is 12.6. The lowest BCUT2D eigenvalue weighted by Gasteiger charge is -2.28. The highest BCUT2D eigenvalue weighted by Crippen LogP contribution is 2.24. The fourth-order valence-corrected chi connectivity index (χ4v) is 4.70. The van der Waals surface area contributed by atoms with Gasteiger partial charge in [0, 0.05) is 48.8 Å². The van der Waals surface area contributed by atoms with Crippen molar-refractivity contribution in [2.45, 2.75) is 38.6 Å². The number of likely N-dealkylation sites (N-methyl/N-ethyl adjacent to an activating group) is 1. The number of quaternary nitrogens is 1. The highest BCUT2D eigenvalue weighted by molar-refractivity contribution is 5.91. The zero-order valence-corrected chi connectivity index (χ0v) is 18.2. The van der Waals surface area contributed by atoms with Crippen molar-refractivity contribution in [3.8, 4) is 0 Å². The monoisotopic (exact) mass is 407 g/mol. The molecule has 160 valence electrons. The van der Waals surface area contributed by atoms with Crippen molar-refractivity contribution in [3.05, 3.63) is 54.1 Å². The maximum atomic E-state index is 12.6. The first kappa shape index (κ1) is 20.7. The van der Waals surface area contributed by atoms with E-state index >= 15 is 0 Å². The van der Waals surface area contributed by atoms with Crippen molar-refractivity contribution < 1.29 is 9.69 Å². The lowest BCUT2D eigenvalue weighted by molar-refractivity contribution is -0.885. The number of amides is 1. The lowest BCUT2D eigenvalue weighted by atomic mass is 10.1. The van der Waals surface area contributed by atoms with E-state index in [4.69, 9.17) is 0 Å². The van der Waals surface area contributed by atoms with Gasteiger partial charge in [-0.25, -0.2) is 0 Å². The SMILES string of the molecule is C[NH+](CC(=O)Nc1ccc(N2CCCCC2)cc1)Cc1ccccc1N1CCCC1. The summed E-state index contributed by atoms with van der Waals surface area (Å²) >= 11 is 0. The second kappa shape index (κ2) is 9.98. The van der Waals surface area contributed by atoms with Crippen molar-refractivity contribution in [1.82, 2.24) is 0 Å². The quantitative estimate of drug-likeness (QED) is 0.741. The van der Waals surface area contributed by atoms with Gasteiger partial charge in [0.2, 0.25) is 0 Å². The molecule has 2 aliphatic rings. The molecule has 2 saturated heterocycles. The van der Waals surface area contributed by atoms with Crippen LogP contribution in [0.25, 0.3) is 0 Å². The minimum atomic E-state index is 0.0666. The first-order chi connectivity index (χ1) is 14.7. The molecule has 1 unspecified atom stereocenters. The summed E-state index contributed by atoms with van der Waals surface area (Å²) < 4.78 is 0. The summed E-state index contributed by atoms with van der Waals surface area (Å²) in [6.07, 6.45) is 6.43. The summed E-state index contributed by atoms with van der Waals surface area (Å²) in [5.41, 5.74) is 4.80. The van der Waals surface area contributed by atoms with Crippen molar-refractivity contribution in [1.29, 1.82) is 0 Å². The molecule has 4 rings (SSSR count). The maximum Gasteiger partial charge on any atom is 0.279 e. The highest BCUT2D eigenvalue weighted by Gasteiger charge is 2.18. The third-order valence-corrected chi connectivity index (χ3v) is 6.27. The molecule has 1 amide bonds. The van der Waals surface area contributed by atoms with Crippen LogP contribution in [0.2, 0.25) is 0 Å². The second-order valence-electron chi connectivity index (χ2n) is 8.78. The zero-order valence-electron chi connectivity index (χ0n) is 18.2. The number of carbonyl (C=O) groups excluding carboxylic acids is 1. The van der Waals surface area contributed by atoms with Gasteiger partial charge in [0.15, 0.2) is 6.54 Å². The predicted molar refractivity (Wildman–Crippen MR) is 124 cm³/mol.